The van der Waals surface area contributed by atoms with Gasteiger partial charge < -0.3 is 9.47 Å². The lowest BCUT2D eigenvalue weighted by Crippen LogP contribution is -2.36. The van der Waals surface area contributed by atoms with Crippen LogP contribution in [0, 0.1) is 11.3 Å². The van der Waals surface area contributed by atoms with Gasteiger partial charge >= 0.3 is 0 Å². The summed E-state index contributed by atoms with van der Waals surface area (Å²) in [7, 11) is 1.96. The molecule has 28 heavy (non-hydrogen) atoms. The number of carbonyl (C=O) groups is 1. The lowest BCUT2D eigenvalue weighted by Gasteiger charge is -2.22. The molecular weight excluding hydrogens is 348 g/mol. The van der Waals surface area contributed by atoms with Crippen molar-refractivity contribution < 1.29 is 4.79 Å². The minimum atomic E-state index is 0.110. The van der Waals surface area contributed by atoms with Crippen molar-refractivity contribution in [2.45, 2.75) is 13.0 Å². The van der Waals surface area contributed by atoms with Gasteiger partial charge in [0.25, 0.3) is 5.91 Å². The number of amides is 1. The van der Waals surface area contributed by atoms with Crippen LogP contribution in [0.2, 0.25) is 0 Å². The molecule has 3 aromatic rings. The number of benzene rings is 2. The summed E-state index contributed by atoms with van der Waals surface area (Å²) in [5.74, 6) is 0.110. The number of carbonyl (C=O) groups excluding carboxylic acids is 1. The second-order valence-corrected chi connectivity index (χ2v) is 7.38. The third kappa shape index (κ3) is 3.64. The first kappa shape index (κ1) is 18.3. The number of aryl methyl sites for hydroxylation is 1. The Labute approximate surface area is 165 Å². The molecule has 5 heteroatoms. The van der Waals surface area contributed by atoms with Crippen molar-refractivity contribution >= 4 is 16.8 Å². The van der Waals surface area contributed by atoms with Crippen molar-refractivity contribution in [3.63, 3.8) is 0 Å². The summed E-state index contributed by atoms with van der Waals surface area (Å²) in [6.07, 6.45) is 0.964. The highest BCUT2D eigenvalue weighted by Crippen LogP contribution is 2.20. The summed E-state index contributed by atoms with van der Waals surface area (Å²) in [6, 6.07) is 20.0. The fourth-order valence-corrected chi connectivity index (χ4v) is 3.93. The van der Waals surface area contributed by atoms with E-state index in [0.717, 1.165) is 55.7 Å². The second-order valence-electron chi connectivity index (χ2n) is 7.38. The molecule has 1 aliphatic rings. The summed E-state index contributed by atoms with van der Waals surface area (Å²) < 4.78 is 2.00. The van der Waals surface area contributed by atoms with Gasteiger partial charge in [-0.05, 0) is 36.2 Å². The molecule has 0 atom stereocenters. The predicted octanol–water partition coefficient (Wildman–Crippen LogP) is 3.40. The summed E-state index contributed by atoms with van der Waals surface area (Å²) in [5.41, 5.74) is 3.73. The quantitative estimate of drug-likeness (QED) is 0.708. The molecule has 0 bridgehead atoms. The maximum Gasteiger partial charge on any atom is 0.270 e. The van der Waals surface area contributed by atoms with Crippen LogP contribution in [0.3, 0.4) is 0 Å². The van der Waals surface area contributed by atoms with Crippen LogP contribution in [0.1, 0.15) is 28.0 Å². The first-order valence-electron chi connectivity index (χ1n) is 9.71. The van der Waals surface area contributed by atoms with Crippen LogP contribution in [0.4, 0.5) is 0 Å². The zero-order valence-electron chi connectivity index (χ0n) is 16.1. The lowest BCUT2D eigenvalue weighted by molar-refractivity contribution is 0.0752. The number of para-hydroxylation sites is 1. The predicted molar refractivity (Wildman–Crippen MR) is 110 cm³/mol. The van der Waals surface area contributed by atoms with Crippen LogP contribution in [0.25, 0.3) is 10.9 Å². The maximum absolute atomic E-state index is 13.1. The highest BCUT2D eigenvalue weighted by Gasteiger charge is 2.23. The Morgan fingerprint density at radius 3 is 2.57 bits per heavy atom. The Hall–Kier alpha value is -3.10. The van der Waals surface area contributed by atoms with Gasteiger partial charge in [0, 0.05) is 50.7 Å². The molecule has 1 aliphatic heterocycles. The van der Waals surface area contributed by atoms with Crippen LogP contribution in [0.5, 0.6) is 0 Å². The van der Waals surface area contributed by atoms with E-state index in [1.807, 2.05) is 71.1 Å². The molecule has 2 aromatic carbocycles. The van der Waals surface area contributed by atoms with Gasteiger partial charge in [-0.15, -0.1) is 0 Å². The third-order valence-electron chi connectivity index (χ3n) is 5.54. The number of aromatic nitrogens is 1. The largest absolute Gasteiger partial charge is 0.340 e. The molecule has 1 saturated heterocycles. The summed E-state index contributed by atoms with van der Waals surface area (Å²) >= 11 is 0. The Morgan fingerprint density at radius 1 is 1.04 bits per heavy atom. The summed E-state index contributed by atoms with van der Waals surface area (Å²) in [4.78, 5) is 17.5. The Balaban J connectivity index is 1.43. The van der Waals surface area contributed by atoms with E-state index in [2.05, 4.69) is 11.0 Å². The molecular formula is C23H24N4O. The van der Waals surface area contributed by atoms with E-state index in [1.54, 1.807) is 0 Å². The average Bonchev–Trinajstić information content (AvgIpc) is 2.90. The molecule has 4 rings (SSSR count). The Kier molecular flexibility index (Phi) is 5.14. The van der Waals surface area contributed by atoms with Crippen LogP contribution in [0.15, 0.2) is 54.6 Å². The molecule has 5 nitrogen and oxygen atoms in total. The van der Waals surface area contributed by atoms with Gasteiger partial charge in [0.15, 0.2) is 0 Å². The van der Waals surface area contributed by atoms with E-state index < -0.39 is 0 Å². The SMILES string of the molecule is Cn1c(C(=O)N2CCCN(Cc3ccc(C#N)cc3)CC2)cc2ccccc21. The normalized spacial score (nSPS) is 15.4. The first-order valence-corrected chi connectivity index (χ1v) is 9.71. The van der Waals surface area contributed by atoms with E-state index in [-0.39, 0.29) is 5.91 Å². The molecule has 0 saturated carbocycles. The highest BCUT2D eigenvalue weighted by atomic mass is 16.2. The topological polar surface area (TPSA) is 52.3 Å². The van der Waals surface area contributed by atoms with Crippen molar-refractivity contribution in [3.8, 4) is 6.07 Å². The molecule has 1 aromatic heterocycles. The van der Waals surface area contributed by atoms with Crippen LogP contribution < -0.4 is 0 Å². The lowest BCUT2D eigenvalue weighted by atomic mass is 10.1. The van der Waals surface area contributed by atoms with Gasteiger partial charge in [0.05, 0.1) is 11.6 Å². The molecule has 142 valence electrons. The molecule has 0 unspecified atom stereocenters. The second kappa shape index (κ2) is 7.87. The molecule has 1 amide bonds. The monoisotopic (exact) mass is 372 g/mol. The van der Waals surface area contributed by atoms with Crippen molar-refractivity contribution in [2.24, 2.45) is 7.05 Å². The number of rotatable bonds is 3. The number of nitrogens with zero attached hydrogens (tertiary/aromatic N) is 4. The van der Waals surface area contributed by atoms with Gasteiger partial charge in [0.2, 0.25) is 0 Å². The summed E-state index contributed by atoms with van der Waals surface area (Å²) in [5, 5.41) is 10.0. The Morgan fingerprint density at radius 2 is 1.82 bits per heavy atom. The van der Waals surface area contributed by atoms with Gasteiger partial charge in [-0.25, -0.2) is 0 Å². The zero-order chi connectivity index (χ0) is 19.5. The van der Waals surface area contributed by atoms with Crippen molar-refractivity contribution in [1.82, 2.24) is 14.4 Å². The van der Waals surface area contributed by atoms with Crippen LogP contribution in [-0.4, -0.2) is 46.5 Å². The van der Waals surface area contributed by atoms with Gasteiger partial charge in [0.1, 0.15) is 5.69 Å². The fraction of sp³-hybridized carbons (Fsp3) is 0.304. The average molecular weight is 372 g/mol. The zero-order valence-corrected chi connectivity index (χ0v) is 16.1. The van der Waals surface area contributed by atoms with E-state index in [4.69, 9.17) is 5.26 Å². The standard InChI is InChI=1S/C23H24N4O/c1-25-21-6-3-2-5-20(21)15-22(25)23(28)27-12-4-11-26(13-14-27)17-19-9-7-18(16-24)8-10-19/h2-3,5-10,15H,4,11-14,17H2,1H3. The van der Waals surface area contributed by atoms with E-state index in [0.29, 0.717) is 5.56 Å². The van der Waals surface area contributed by atoms with Crippen molar-refractivity contribution in [1.29, 1.82) is 5.26 Å². The number of fused-ring (bicyclic) bond motifs is 1. The molecule has 0 radical (unpaired) electrons. The number of hydrogen-bond acceptors (Lipinski definition) is 3. The van der Waals surface area contributed by atoms with Crippen LogP contribution >= 0.6 is 0 Å². The van der Waals surface area contributed by atoms with Gasteiger partial charge in [-0.2, -0.15) is 5.26 Å². The fourth-order valence-electron chi connectivity index (χ4n) is 3.93. The molecule has 0 aliphatic carbocycles. The van der Waals surface area contributed by atoms with Crippen molar-refractivity contribution in [2.75, 3.05) is 26.2 Å². The van der Waals surface area contributed by atoms with Gasteiger partial charge in [-0.3, -0.25) is 9.69 Å². The minimum absolute atomic E-state index is 0.110. The van der Waals surface area contributed by atoms with E-state index >= 15 is 0 Å². The highest BCUT2D eigenvalue weighted by molar-refractivity contribution is 5.98. The number of hydrogen-bond donors (Lipinski definition) is 0. The van der Waals surface area contributed by atoms with Crippen molar-refractivity contribution in [3.05, 3.63) is 71.4 Å². The first-order chi connectivity index (χ1) is 13.7. The minimum Gasteiger partial charge on any atom is -0.340 e. The molecule has 2 heterocycles. The summed E-state index contributed by atoms with van der Waals surface area (Å²) in [6.45, 7) is 4.19. The van der Waals surface area contributed by atoms with Gasteiger partial charge in [-0.1, -0.05) is 30.3 Å². The molecule has 1 fully saturated rings. The number of nitriles is 1. The molecule has 0 spiro atoms. The maximum atomic E-state index is 13.1. The smallest absolute Gasteiger partial charge is 0.270 e. The Bertz CT molecular complexity index is 1030. The van der Waals surface area contributed by atoms with E-state index in [9.17, 15) is 4.79 Å². The van der Waals surface area contributed by atoms with Crippen LogP contribution in [-0.2, 0) is 13.6 Å². The third-order valence-corrected chi connectivity index (χ3v) is 5.54. The van der Waals surface area contributed by atoms with E-state index in [1.165, 1.54) is 5.56 Å². The molecule has 0 N–H and O–H groups in total.